The molecule has 0 aromatic carbocycles. The zero-order valence-corrected chi connectivity index (χ0v) is 13.7. The normalized spacial score (nSPS) is 25.4. The Kier molecular flexibility index (Phi) is 4.32. The first-order valence-electron chi connectivity index (χ1n) is 6.64. The number of thiophene rings is 1. The second kappa shape index (κ2) is 5.46. The molecule has 0 bridgehead atoms. The van der Waals surface area contributed by atoms with Gasteiger partial charge in [0, 0.05) is 27.1 Å². The predicted octanol–water partition coefficient (Wildman–Crippen LogP) is 5.08. The molecule has 1 aromatic heterocycles. The van der Waals surface area contributed by atoms with Crippen LogP contribution in [0.2, 0.25) is 0 Å². The number of hydrogen-bond donors (Lipinski definition) is 0. The Bertz CT molecular complexity index is 435. The van der Waals surface area contributed by atoms with Crippen LogP contribution in [-0.4, -0.2) is 5.78 Å². The Hall–Kier alpha value is -0.150. The van der Waals surface area contributed by atoms with Crippen molar-refractivity contribution in [2.75, 3.05) is 0 Å². The molecule has 0 spiro atoms. The topological polar surface area (TPSA) is 17.1 Å². The minimum atomic E-state index is 0.0848. The van der Waals surface area contributed by atoms with E-state index in [2.05, 4.69) is 48.1 Å². The molecule has 18 heavy (non-hydrogen) atoms. The fourth-order valence-corrected chi connectivity index (χ4v) is 4.74. The molecule has 1 aliphatic carbocycles. The van der Waals surface area contributed by atoms with Crippen LogP contribution >= 0.6 is 27.3 Å². The Balaban J connectivity index is 2.08. The molecular formula is C15H21BrOS. The molecule has 0 amide bonds. The SMILES string of the molecule is CC1CCC(C(C)(C)Cc2cc(Br)cs2)C(=O)C1. The average molecular weight is 329 g/mol. The smallest absolute Gasteiger partial charge is 0.136 e. The monoisotopic (exact) mass is 328 g/mol. The van der Waals surface area contributed by atoms with Gasteiger partial charge in [-0.05, 0) is 52.6 Å². The number of hydrogen-bond acceptors (Lipinski definition) is 2. The predicted molar refractivity (Wildman–Crippen MR) is 81.0 cm³/mol. The van der Waals surface area contributed by atoms with Gasteiger partial charge in [0.15, 0.2) is 0 Å². The van der Waals surface area contributed by atoms with Crippen LogP contribution in [0.1, 0.15) is 44.9 Å². The minimum Gasteiger partial charge on any atom is -0.299 e. The summed E-state index contributed by atoms with van der Waals surface area (Å²) in [5.41, 5.74) is 0.0848. The summed E-state index contributed by atoms with van der Waals surface area (Å²) >= 11 is 5.28. The summed E-state index contributed by atoms with van der Waals surface area (Å²) < 4.78 is 1.15. The van der Waals surface area contributed by atoms with Crippen molar-refractivity contribution in [1.82, 2.24) is 0 Å². The molecule has 2 unspecified atom stereocenters. The quantitative estimate of drug-likeness (QED) is 0.755. The van der Waals surface area contributed by atoms with Gasteiger partial charge in [-0.1, -0.05) is 20.8 Å². The summed E-state index contributed by atoms with van der Waals surface area (Å²) in [5, 5.41) is 2.12. The van der Waals surface area contributed by atoms with Gasteiger partial charge in [0.2, 0.25) is 0 Å². The molecule has 1 fully saturated rings. The van der Waals surface area contributed by atoms with Crippen LogP contribution in [0.25, 0.3) is 0 Å². The summed E-state index contributed by atoms with van der Waals surface area (Å²) in [6, 6.07) is 2.18. The first-order valence-corrected chi connectivity index (χ1v) is 8.31. The molecule has 100 valence electrons. The maximum Gasteiger partial charge on any atom is 0.136 e. The van der Waals surface area contributed by atoms with E-state index in [4.69, 9.17) is 0 Å². The minimum absolute atomic E-state index is 0.0848. The highest BCUT2D eigenvalue weighted by Gasteiger charge is 2.38. The van der Waals surface area contributed by atoms with Gasteiger partial charge in [0.25, 0.3) is 0 Å². The third-order valence-corrected chi connectivity index (χ3v) is 5.78. The molecule has 1 heterocycles. The molecule has 2 atom stereocenters. The fraction of sp³-hybridized carbons (Fsp3) is 0.667. The van der Waals surface area contributed by atoms with Crippen molar-refractivity contribution in [3.63, 3.8) is 0 Å². The number of carbonyl (C=O) groups excluding carboxylic acids is 1. The first-order chi connectivity index (χ1) is 8.38. The molecule has 1 saturated carbocycles. The van der Waals surface area contributed by atoms with Crippen molar-refractivity contribution in [1.29, 1.82) is 0 Å². The summed E-state index contributed by atoms with van der Waals surface area (Å²) in [7, 11) is 0. The molecule has 1 nitrogen and oxygen atoms in total. The van der Waals surface area contributed by atoms with Gasteiger partial charge in [0.05, 0.1) is 0 Å². The number of Topliss-reactive ketones (excluding diaryl/α,β-unsaturated/α-hetero) is 1. The number of ketones is 1. The number of halogens is 1. The van der Waals surface area contributed by atoms with Crippen molar-refractivity contribution in [2.24, 2.45) is 17.3 Å². The lowest BCUT2D eigenvalue weighted by molar-refractivity contribution is -0.129. The second-order valence-electron chi connectivity index (χ2n) is 6.30. The summed E-state index contributed by atoms with van der Waals surface area (Å²) in [4.78, 5) is 13.6. The van der Waals surface area contributed by atoms with E-state index in [9.17, 15) is 4.79 Å². The van der Waals surface area contributed by atoms with E-state index >= 15 is 0 Å². The van der Waals surface area contributed by atoms with Crippen molar-refractivity contribution in [3.05, 3.63) is 20.8 Å². The van der Waals surface area contributed by atoms with Crippen LogP contribution in [0.4, 0.5) is 0 Å². The van der Waals surface area contributed by atoms with Crippen LogP contribution in [0.15, 0.2) is 15.9 Å². The first kappa shape index (κ1) is 14.3. The van der Waals surface area contributed by atoms with Crippen LogP contribution < -0.4 is 0 Å². The van der Waals surface area contributed by atoms with E-state index in [0.29, 0.717) is 11.7 Å². The molecule has 1 aliphatic rings. The van der Waals surface area contributed by atoms with Gasteiger partial charge in [0.1, 0.15) is 5.78 Å². The standard InChI is InChI=1S/C15H21BrOS/c1-10-4-5-13(14(17)6-10)15(2,3)8-12-7-11(16)9-18-12/h7,9-10,13H,4-6,8H2,1-3H3. The third kappa shape index (κ3) is 3.24. The summed E-state index contributed by atoms with van der Waals surface area (Å²) in [5.74, 6) is 1.31. The van der Waals surface area contributed by atoms with Gasteiger partial charge in [-0.3, -0.25) is 4.79 Å². The molecule has 1 aromatic rings. The van der Waals surface area contributed by atoms with Gasteiger partial charge in [-0.15, -0.1) is 11.3 Å². The van der Waals surface area contributed by atoms with E-state index in [0.717, 1.165) is 23.7 Å². The van der Waals surface area contributed by atoms with Crippen LogP contribution in [0, 0.1) is 17.3 Å². The van der Waals surface area contributed by atoms with E-state index in [-0.39, 0.29) is 11.3 Å². The lowest BCUT2D eigenvalue weighted by Crippen LogP contribution is -2.36. The second-order valence-corrected chi connectivity index (χ2v) is 8.21. The van der Waals surface area contributed by atoms with Gasteiger partial charge in [-0.2, -0.15) is 0 Å². The summed E-state index contributed by atoms with van der Waals surface area (Å²) in [6.07, 6.45) is 4.06. The maximum absolute atomic E-state index is 12.2. The highest BCUT2D eigenvalue weighted by molar-refractivity contribution is 9.10. The third-order valence-electron chi connectivity index (χ3n) is 4.08. The van der Waals surface area contributed by atoms with Crippen LogP contribution in [-0.2, 0) is 11.2 Å². The van der Waals surface area contributed by atoms with Crippen molar-refractivity contribution < 1.29 is 4.79 Å². The summed E-state index contributed by atoms with van der Waals surface area (Å²) in [6.45, 7) is 6.69. The lowest BCUT2D eigenvalue weighted by atomic mass is 9.67. The Morgan fingerprint density at radius 3 is 2.72 bits per heavy atom. The number of rotatable bonds is 3. The van der Waals surface area contributed by atoms with E-state index in [1.807, 2.05) is 0 Å². The lowest BCUT2D eigenvalue weighted by Gasteiger charge is -2.37. The molecule has 0 N–H and O–H groups in total. The molecule has 0 aliphatic heterocycles. The molecule has 0 radical (unpaired) electrons. The largest absolute Gasteiger partial charge is 0.299 e. The van der Waals surface area contributed by atoms with Gasteiger partial charge in [-0.25, -0.2) is 0 Å². The Morgan fingerprint density at radius 1 is 1.44 bits per heavy atom. The highest BCUT2D eigenvalue weighted by Crippen LogP contribution is 2.41. The average Bonchev–Trinajstić information content (AvgIpc) is 2.62. The Labute approximate surface area is 122 Å². The van der Waals surface area contributed by atoms with E-state index in [1.165, 1.54) is 11.3 Å². The van der Waals surface area contributed by atoms with Crippen molar-refractivity contribution >= 4 is 33.0 Å². The van der Waals surface area contributed by atoms with Gasteiger partial charge >= 0.3 is 0 Å². The number of carbonyl (C=O) groups is 1. The van der Waals surface area contributed by atoms with Crippen molar-refractivity contribution in [3.8, 4) is 0 Å². The molecule has 0 saturated heterocycles. The highest BCUT2D eigenvalue weighted by atomic mass is 79.9. The molecule has 3 heteroatoms. The van der Waals surface area contributed by atoms with E-state index < -0.39 is 0 Å². The molecule has 2 rings (SSSR count). The van der Waals surface area contributed by atoms with Crippen LogP contribution in [0.5, 0.6) is 0 Å². The zero-order valence-electron chi connectivity index (χ0n) is 11.3. The fourth-order valence-electron chi connectivity index (χ4n) is 3.05. The zero-order chi connectivity index (χ0) is 13.3. The van der Waals surface area contributed by atoms with Crippen LogP contribution in [0.3, 0.4) is 0 Å². The molecular weight excluding hydrogens is 308 g/mol. The Morgan fingerprint density at radius 2 is 2.17 bits per heavy atom. The van der Waals surface area contributed by atoms with E-state index in [1.54, 1.807) is 11.3 Å². The van der Waals surface area contributed by atoms with Gasteiger partial charge < -0.3 is 0 Å². The van der Waals surface area contributed by atoms with Crippen molar-refractivity contribution in [2.45, 2.75) is 46.5 Å². The maximum atomic E-state index is 12.2.